The zero-order valence-electron chi connectivity index (χ0n) is 13.0. The molecule has 1 nitrogen and oxygen atoms in total. The maximum absolute atomic E-state index is 4.22. The van der Waals surface area contributed by atoms with Crippen molar-refractivity contribution in [1.29, 1.82) is 0 Å². The summed E-state index contributed by atoms with van der Waals surface area (Å²) in [6, 6.07) is 21.7. The maximum atomic E-state index is 4.22. The molecule has 2 rings (SSSR count). The molecule has 1 unspecified atom stereocenters. The molecule has 0 amide bonds. The highest BCUT2D eigenvalue weighted by molar-refractivity contribution is 5.37. The van der Waals surface area contributed by atoms with Crippen LogP contribution in [0.1, 0.15) is 37.3 Å². The SMILES string of the molecule is C=C(C)C(NCCC)C(c1ccccc1)c1ccccc1. The van der Waals surface area contributed by atoms with Gasteiger partial charge >= 0.3 is 0 Å². The molecule has 1 atom stereocenters. The number of rotatable bonds is 7. The van der Waals surface area contributed by atoms with Crippen molar-refractivity contribution in [1.82, 2.24) is 5.32 Å². The molecule has 0 bridgehead atoms. The smallest absolute Gasteiger partial charge is 0.0384 e. The van der Waals surface area contributed by atoms with E-state index in [9.17, 15) is 0 Å². The van der Waals surface area contributed by atoms with Crippen LogP contribution in [0.4, 0.5) is 0 Å². The van der Waals surface area contributed by atoms with Crippen LogP contribution in [0.5, 0.6) is 0 Å². The lowest BCUT2D eigenvalue weighted by atomic mass is 9.82. The van der Waals surface area contributed by atoms with Gasteiger partial charge in [0.2, 0.25) is 0 Å². The van der Waals surface area contributed by atoms with E-state index in [2.05, 4.69) is 86.4 Å². The summed E-state index contributed by atoms with van der Waals surface area (Å²) in [6.45, 7) is 9.54. The van der Waals surface area contributed by atoms with Crippen molar-refractivity contribution in [3.63, 3.8) is 0 Å². The van der Waals surface area contributed by atoms with Crippen LogP contribution in [0.15, 0.2) is 72.8 Å². The second-order valence-corrected chi connectivity index (χ2v) is 5.58. The molecule has 2 aromatic carbocycles. The molecule has 0 heterocycles. The molecule has 0 spiro atoms. The Bertz CT molecular complexity index is 505. The first-order valence-electron chi connectivity index (χ1n) is 7.72. The quantitative estimate of drug-likeness (QED) is 0.720. The molecular formula is C20H25N. The highest BCUT2D eigenvalue weighted by atomic mass is 14.9. The van der Waals surface area contributed by atoms with Gasteiger partial charge in [0.1, 0.15) is 0 Å². The van der Waals surface area contributed by atoms with E-state index < -0.39 is 0 Å². The highest BCUT2D eigenvalue weighted by Gasteiger charge is 2.24. The summed E-state index contributed by atoms with van der Waals surface area (Å²) in [6.07, 6.45) is 1.13. The third-order valence-electron chi connectivity index (χ3n) is 3.80. The van der Waals surface area contributed by atoms with Gasteiger partial charge in [0.15, 0.2) is 0 Å². The maximum Gasteiger partial charge on any atom is 0.0384 e. The van der Waals surface area contributed by atoms with Gasteiger partial charge in [-0.2, -0.15) is 0 Å². The van der Waals surface area contributed by atoms with Crippen molar-refractivity contribution in [3.05, 3.63) is 83.9 Å². The summed E-state index contributed by atoms with van der Waals surface area (Å²) in [7, 11) is 0. The Kier molecular flexibility index (Phi) is 5.77. The zero-order chi connectivity index (χ0) is 15.1. The van der Waals surface area contributed by atoms with Crippen LogP contribution >= 0.6 is 0 Å². The molecule has 0 saturated carbocycles. The molecular weight excluding hydrogens is 254 g/mol. The second kappa shape index (κ2) is 7.80. The Morgan fingerprint density at radius 3 is 1.81 bits per heavy atom. The van der Waals surface area contributed by atoms with E-state index in [4.69, 9.17) is 0 Å². The Morgan fingerprint density at radius 2 is 1.43 bits per heavy atom. The van der Waals surface area contributed by atoms with Crippen molar-refractivity contribution in [3.8, 4) is 0 Å². The van der Waals surface area contributed by atoms with Crippen LogP contribution < -0.4 is 5.32 Å². The van der Waals surface area contributed by atoms with E-state index in [1.807, 2.05) is 0 Å². The summed E-state index contributed by atoms with van der Waals surface area (Å²) in [5.74, 6) is 0.302. The molecule has 0 saturated heterocycles. The van der Waals surface area contributed by atoms with Crippen LogP contribution in [-0.2, 0) is 0 Å². The lowest BCUT2D eigenvalue weighted by Crippen LogP contribution is -2.36. The van der Waals surface area contributed by atoms with Gasteiger partial charge in [-0.05, 0) is 31.0 Å². The fourth-order valence-corrected chi connectivity index (χ4v) is 2.77. The summed E-state index contributed by atoms with van der Waals surface area (Å²) in [5.41, 5.74) is 3.85. The Morgan fingerprint density at radius 1 is 0.952 bits per heavy atom. The molecule has 0 radical (unpaired) electrons. The number of hydrogen-bond acceptors (Lipinski definition) is 1. The summed E-state index contributed by atoms with van der Waals surface area (Å²) in [5, 5.41) is 3.67. The predicted octanol–water partition coefficient (Wildman–Crippen LogP) is 4.76. The molecule has 0 aliphatic rings. The van der Waals surface area contributed by atoms with Gasteiger partial charge in [0, 0.05) is 12.0 Å². The molecule has 0 aromatic heterocycles. The lowest BCUT2D eigenvalue weighted by molar-refractivity contribution is 0.519. The van der Waals surface area contributed by atoms with Crippen molar-refractivity contribution >= 4 is 0 Å². The second-order valence-electron chi connectivity index (χ2n) is 5.58. The predicted molar refractivity (Wildman–Crippen MR) is 91.6 cm³/mol. The molecule has 2 aromatic rings. The fraction of sp³-hybridized carbons (Fsp3) is 0.300. The van der Waals surface area contributed by atoms with Gasteiger partial charge in [-0.1, -0.05) is 79.7 Å². The number of nitrogens with one attached hydrogen (secondary N) is 1. The lowest BCUT2D eigenvalue weighted by Gasteiger charge is -2.29. The average molecular weight is 279 g/mol. The minimum absolute atomic E-state index is 0.259. The average Bonchev–Trinajstić information content (AvgIpc) is 2.53. The standard InChI is InChI=1S/C20H25N/c1-4-15-21-20(16(2)3)19(17-11-7-5-8-12-17)18-13-9-6-10-14-18/h5-14,19-21H,2,4,15H2,1,3H3. The summed E-state index contributed by atoms with van der Waals surface area (Å²) >= 11 is 0. The van der Waals surface area contributed by atoms with Gasteiger partial charge < -0.3 is 5.32 Å². The highest BCUT2D eigenvalue weighted by Crippen LogP contribution is 2.30. The first-order valence-corrected chi connectivity index (χ1v) is 7.72. The van der Waals surface area contributed by atoms with Gasteiger partial charge in [0.05, 0.1) is 0 Å². The molecule has 1 heteroatoms. The minimum Gasteiger partial charge on any atom is -0.309 e. The van der Waals surface area contributed by atoms with E-state index in [1.54, 1.807) is 0 Å². The van der Waals surface area contributed by atoms with Gasteiger partial charge in [-0.25, -0.2) is 0 Å². The number of hydrogen-bond donors (Lipinski definition) is 1. The monoisotopic (exact) mass is 279 g/mol. The van der Waals surface area contributed by atoms with Crippen molar-refractivity contribution < 1.29 is 0 Å². The van der Waals surface area contributed by atoms with E-state index in [0.717, 1.165) is 13.0 Å². The zero-order valence-corrected chi connectivity index (χ0v) is 13.0. The normalized spacial score (nSPS) is 12.3. The molecule has 0 aliphatic heterocycles. The first-order chi connectivity index (χ1) is 10.2. The Balaban J connectivity index is 2.42. The van der Waals surface area contributed by atoms with Crippen molar-refractivity contribution in [2.24, 2.45) is 0 Å². The van der Waals surface area contributed by atoms with Crippen LogP contribution in [0.25, 0.3) is 0 Å². The van der Waals surface area contributed by atoms with Gasteiger partial charge in [-0.3, -0.25) is 0 Å². The van der Waals surface area contributed by atoms with E-state index >= 15 is 0 Å². The third-order valence-corrected chi connectivity index (χ3v) is 3.80. The van der Waals surface area contributed by atoms with Crippen molar-refractivity contribution in [2.45, 2.75) is 32.2 Å². The van der Waals surface area contributed by atoms with Gasteiger partial charge in [-0.15, -0.1) is 0 Å². The minimum atomic E-state index is 0.259. The molecule has 1 N–H and O–H groups in total. The van der Waals surface area contributed by atoms with Crippen LogP contribution in [0, 0.1) is 0 Å². The third kappa shape index (κ3) is 4.05. The van der Waals surface area contributed by atoms with Crippen LogP contribution in [0.3, 0.4) is 0 Å². The summed E-state index contributed by atoms with van der Waals surface area (Å²) in [4.78, 5) is 0. The van der Waals surface area contributed by atoms with E-state index in [1.165, 1.54) is 16.7 Å². The molecule has 0 aliphatic carbocycles. The molecule has 21 heavy (non-hydrogen) atoms. The van der Waals surface area contributed by atoms with Crippen molar-refractivity contribution in [2.75, 3.05) is 6.54 Å². The largest absolute Gasteiger partial charge is 0.309 e. The first kappa shape index (κ1) is 15.5. The van der Waals surface area contributed by atoms with E-state index in [0.29, 0.717) is 5.92 Å². The fourth-order valence-electron chi connectivity index (χ4n) is 2.77. The Hall–Kier alpha value is -1.86. The van der Waals surface area contributed by atoms with Crippen LogP contribution in [-0.4, -0.2) is 12.6 Å². The summed E-state index contributed by atoms with van der Waals surface area (Å²) < 4.78 is 0. The van der Waals surface area contributed by atoms with E-state index in [-0.39, 0.29) is 6.04 Å². The van der Waals surface area contributed by atoms with Gasteiger partial charge in [0.25, 0.3) is 0 Å². The Labute approximate surface area is 128 Å². The number of benzene rings is 2. The molecule has 0 fully saturated rings. The topological polar surface area (TPSA) is 12.0 Å². The molecule has 110 valence electrons. The van der Waals surface area contributed by atoms with Crippen LogP contribution in [0.2, 0.25) is 0 Å².